The predicted octanol–water partition coefficient (Wildman–Crippen LogP) is 1.87. The van der Waals surface area contributed by atoms with Crippen molar-refractivity contribution in [3.63, 3.8) is 0 Å². The SMILES string of the molecule is CC1=C(C=O)C(C)(C)N([O-])C1(C)C. The highest BCUT2D eigenvalue weighted by Gasteiger charge is 2.43. The molecule has 0 aromatic heterocycles. The summed E-state index contributed by atoms with van der Waals surface area (Å²) in [5.74, 6) is 0. The van der Waals surface area contributed by atoms with Crippen LogP contribution in [0.15, 0.2) is 11.1 Å². The maximum absolute atomic E-state index is 11.8. The van der Waals surface area contributed by atoms with Crippen LogP contribution in [0.4, 0.5) is 0 Å². The molecule has 1 rings (SSSR count). The summed E-state index contributed by atoms with van der Waals surface area (Å²) in [6.07, 6.45) is 0.801. The van der Waals surface area contributed by atoms with Crippen molar-refractivity contribution in [2.24, 2.45) is 0 Å². The number of carbonyl (C=O) groups excluding carboxylic acids is 1. The van der Waals surface area contributed by atoms with E-state index >= 15 is 0 Å². The molecular formula is C10H16NO2-. The van der Waals surface area contributed by atoms with Gasteiger partial charge in [-0.25, -0.2) is 0 Å². The van der Waals surface area contributed by atoms with Crippen molar-refractivity contribution in [2.45, 2.75) is 45.7 Å². The Morgan fingerprint density at radius 3 is 1.85 bits per heavy atom. The van der Waals surface area contributed by atoms with Gasteiger partial charge in [0.15, 0.2) is 0 Å². The quantitative estimate of drug-likeness (QED) is 0.581. The molecule has 3 heteroatoms. The second kappa shape index (κ2) is 2.66. The molecule has 0 radical (unpaired) electrons. The fourth-order valence-electron chi connectivity index (χ4n) is 1.98. The van der Waals surface area contributed by atoms with E-state index in [1.54, 1.807) is 13.8 Å². The maximum Gasteiger partial charge on any atom is 0.147 e. The summed E-state index contributed by atoms with van der Waals surface area (Å²) < 4.78 is 0. The Morgan fingerprint density at radius 1 is 1.23 bits per heavy atom. The Bertz CT molecular complexity index is 277. The van der Waals surface area contributed by atoms with E-state index in [4.69, 9.17) is 0 Å². The standard InChI is InChI=1S/C10H16NO2/c1-7-8(6-12)10(4,5)11(13)9(7,2)3/h6H,1-5H3/q-1. The summed E-state index contributed by atoms with van der Waals surface area (Å²) in [6, 6.07) is 0. The summed E-state index contributed by atoms with van der Waals surface area (Å²) in [6.45, 7) is 9.09. The van der Waals surface area contributed by atoms with Crippen LogP contribution in [0, 0.1) is 5.21 Å². The van der Waals surface area contributed by atoms with E-state index in [9.17, 15) is 10.0 Å². The van der Waals surface area contributed by atoms with Gasteiger partial charge in [0.05, 0.1) is 0 Å². The van der Waals surface area contributed by atoms with Crippen LogP contribution >= 0.6 is 0 Å². The molecule has 13 heavy (non-hydrogen) atoms. The van der Waals surface area contributed by atoms with Crippen molar-refractivity contribution in [1.29, 1.82) is 0 Å². The van der Waals surface area contributed by atoms with E-state index in [0.29, 0.717) is 5.57 Å². The minimum Gasteiger partial charge on any atom is -0.784 e. The molecule has 0 aliphatic carbocycles. The molecule has 0 N–H and O–H groups in total. The average molecular weight is 182 g/mol. The van der Waals surface area contributed by atoms with E-state index in [-0.39, 0.29) is 0 Å². The Balaban J connectivity index is 3.31. The summed E-state index contributed by atoms with van der Waals surface area (Å²) in [5, 5.41) is 12.8. The monoisotopic (exact) mass is 182 g/mol. The highest BCUT2D eigenvalue weighted by molar-refractivity contribution is 5.80. The zero-order valence-corrected chi connectivity index (χ0v) is 8.84. The molecule has 3 nitrogen and oxygen atoms in total. The van der Waals surface area contributed by atoms with Crippen LogP contribution in [-0.4, -0.2) is 22.4 Å². The first-order valence-corrected chi connectivity index (χ1v) is 4.40. The van der Waals surface area contributed by atoms with Gasteiger partial charge in [-0.3, -0.25) is 4.79 Å². The molecule has 0 spiro atoms. The fourth-order valence-corrected chi connectivity index (χ4v) is 1.98. The van der Waals surface area contributed by atoms with Crippen LogP contribution in [0.5, 0.6) is 0 Å². The first-order valence-electron chi connectivity index (χ1n) is 4.40. The number of hydroxylamine groups is 2. The van der Waals surface area contributed by atoms with Crippen molar-refractivity contribution in [1.82, 2.24) is 5.06 Å². The lowest BCUT2D eigenvalue weighted by molar-refractivity contribution is -0.105. The van der Waals surface area contributed by atoms with E-state index in [0.717, 1.165) is 16.9 Å². The van der Waals surface area contributed by atoms with Gasteiger partial charge >= 0.3 is 0 Å². The molecule has 0 atom stereocenters. The number of hydrogen-bond acceptors (Lipinski definition) is 3. The van der Waals surface area contributed by atoms with Crippen LogP contribution in [-0.2, 0) is 4.79 Å². The predicted molar refractivity (Wildman–Crippen MR) is 52.1 cm³/mol. The van der Waals surface area contributed by atoms with Gasteiger partial charge in [-0.05, 0) is 40.2 Å². The zero-order valence-electron chi connectivity index (χ0n) is 8.84. The van der Waals surface area contributed by atoms with Gasteiger partial charge in [-0.15, -0.1) is 0 Å². The molecule has 0 fully saturated rings. The zero-order chi connectivity index (χ0) is 10.4. The molecule has 1 heterocycles. The average Bonchev–Trinajstić information content (AvgIpc) is 2.12. The molecule has 0 aromatic carbocycles. The molecular weight excluding hydrogens is 166 g/mol. The normalized spacial score (nSPS) is 26.6. The van der Waals surface area contributed by atoms with Gasteiger partial charge in [-0.2, -0.15) is 0 Å². The lowest BCUT2D eigenvalue weighted by Crippen LogP contribution is -2.46. The van der Waals surface area contributed by atoms with Crippen molar-refractivity contribution < 1.29 is 4.79 Å². The topological polar surface area (TPSA) is 43.4 Å². The van der Waals surface area contributed by atoms with Crippen molar-refractivity contribution in [2.75, 3.05) is 0 Å². The Labute approximate surface area is 79.0 Å². The van der Waals surface area contributed by atoms with Crippen LogP contribution in [0.2, 0.25) is 0 Å². The summed E-state index contributed by atoms with van der Waals surface area (Å²) in [5.41, 5.74) is 0.254. The van der Waals surface area contributed by atoms with E-state index in [1.165, 1.54) is 0 Å². The second-order valence-corrected chi connectivity index (χ2v) is 4.57. The highest BCUT2D eigenvalue weighted by Crippen LogP contribution is 2.42. The third kappa shape index (κ3) is 1.15. The molecule has 0 saturated carbocycles. The molecule has 0 aromatic rings. The molecule has 1 aliphatic rings. The second-order valence-electron chi connectivity index (χ2n) is 4.57. The van der Waals surface area contributed by atoms with E-state index in [2.05, 4.69) is 0 Å². The highest BCUT2D eigenvalue weighted by atomic mass is 16.5. The Morgan fingerprint density at radius 2 is 1.69 bits per heavy atom. The van der Waals surface area contributed by atoms with Gasteiger partial charge in [0, 0.05) is 16.7 Å². The number of hydrogen-bond donors (Lipinski definition) is 0. The number of aldehydes is 1. The maximum atomic E-state index is 11.8. The van der Waals surface area contributed by atoms with Crippen molar-refractivity contribution in [3.8, 4) is 0 Å². The molecule has 0 unspecified atom stereocenters. The fraction of sp³-hybridized carbons (Fsp3) is 0.700. The lowest BCUT2D eigenvalue weighted by atomic mass is 9.93. The largest absolute Gasteiger partial charge is 0.784 e. The summed E-state index contributed by atoms with van der Waals surface area (Å²) in [7, 11) is 0. The minimum atomic E-state index is -0.685. The van der Waals surface area contributed by atoms with Gasteiger partial charge in [0.25, 0.3) is 0 Å². The Kier molecular flexibility index (Phi) is 2.13. The van der Waals surface area contributed by atoms with Crippen LogP contribution in [0.3, 0.4) is 0 Å². The number of nitrogens with zero attached hydrogens (tertiary/aromatic N) is 1. The van der Waals surface area contributed by atoms with Gasteiger partial charge in [0.1, 0.15) is 6.29 Å². The lowest BCUT2D eigenvalue weighted by Gasteiger charge is -2.47. The third-order valence-corrected chi connectivity index (χ3v) is 3.11. The Hall–Kier alpha value is -0.670. The third-order valence-electron chi connectivity index (χ3n) is 3.11. The first kappa shape index (κ1) is 10.4. The minimum absolute atomic E-state index is 0.556. The van der Waals surface area contributed by atoms with Gasteiger partial charge in [0.2, 0.25) is 0 Å². The smallest absolute Gasteiger partial charge is 0.147 e. The summed E-state index contributed by atoms with van der Waals surface area (Å²) >= 11 is 0. The van der Waals surface area contributed by atoms with Crippen LogP contribution < -0.4 is 0 Å². The van der Waals surface area contributed by atoms with Gasteiger partial charge in [-0.1, -0.05) is 0 Å². The van der Waals surface area contributed by atoms with Crippen LogP contribution in [0.25, 0.3) is 0 Å². The molecule has 74 valence electrons. The summed E-state index contributed by atoms with van der Waals surface area (Å²) in [4.78, 5) is 10.8. The van der Waals surface area contributed by atoms with E-state index in [1.807, 2.05) is 20.8 Å². The first-order chi connectivity index (χ1) is 5.76. The molecule has 0 bridgehead atoms. The molecule has 1 aliphatic heterocycles. The molecule has 0 amide bonds. The van der Waals surface area contributed by atoms with E-state index < -0.39 is 11.1 Å². The van der Waals surface area contributed by atoms with Crippen molar-refractivity contribution in [3.05, 3.63) is 16.4 Å². The van der Waals surface area contributed by atoms with Crippen molar-refractivity contribution >= 4 is 6.29 Å². The molecule has 0 saturated heterocycles. The number of rotatable bonds is 1. The van der Waals surface area contributed by atoms with Crippen LogP contribution in [0.1, 0.15) is 34.6 Å². The number of carbonyl (C=O) groups is 1. The van der Waals surface area contributed by atoms with Gasteiger partial charge < -0.3 is 10.3 Å².